The topological polar surface area (TPSA) is 45.1 Å². The predicted octanol–water partition coefficient (Wildman–Crippen LogP) is 2.29. The standard InChI is InChI=1S/C12H20N2O/c1-4-10(2)12(3,15)9-14-11-7-5-6-8-13-11/h5-8,10,15H,4,9H2,1-3H3,(H,13,14)/t10-,12+/m1/s1. The Balaban J connectivity index is 2.49. The normalized spacial score (nSPS) is 16.8. The van der Waals surface area contributed by atoms with Gasteiger partial charge in [0, 0.05) is 12.7 Å². The molecule has 0 aliphatic carbocycles. The summed E-state index contributed by atoms with van der Waals surface area (Å²) in [6.45, 7) is 6.52. The van der Waals surface area contributed by atoms with Crippen LogP contribution in [0.4, 0.5) is 5.82 Å². The van der Waals surface area contributed by atoms with E-state index in [9.17, 15) is 5.11 Å². The Bertz CT molecular complexity index is 285. The van der Waals surface area contributed by atoms with Crippen molar-refractivity contribution in [1.29, 1.82) is 0 Å². The molecule has 0 radical (unpaired) electrons. The van der Waals surface area contributed by atoms with Crippen LogP contribution in [0.2, 0.25) is 0 Å². The van der Waals surface area contributed by atoms with Gasteiger partial charge in [0.05, 0.1) is 5.60 Å². The van der Waals surface area contributed by atoms with Gasteiger partial charge in [-0.15, -0.1) is 0 Å². The fraction of sp³-hybridized carbons (Fsp3) is 0.583. The van der Waals surface area contributed by atoms with Crippen molar-refractivity contribution in [3.8, 4) is 0 Å². The summed E-state index contributed by atoms with van der Waals surface area (Å²) >= 11 is 0. The number of aromatic nitrogens is 1. The first-order valence-electron chi connectivity index (χ1n) is 5.43. The lowest BCUT2D eigenvalue weighted by molar-refractivity contribution is 0.0175. The zero-order valence-corrected chi connectivity index (χ0v) is 9.70. The van der Waals surface area contributed by atoms with Gasteiger partial charge in [-0.1, -0.05) is 26.3 Å². The summed E-state index contributed by atoms with van der Waals surface area (Å²) in [4.78, 5) is 4.14. The Morgan fingerprint density at radius 2 is 2.27 bits per heavy atom. The molecule has 0 unspecified atom stereocenters. The molecular weight excluding hydrogens is 188 g/mol. The molecule has 0 aliphatic heterocycles. The van der Waals surface area contributed by atoms with Gasteiger partial charge in [-0.3, -0.25) is 0 Å². The van der Waals surface area contributed by atoms with Crippen LogP contribution < -0.4 is 5.32 Å². The third-order valence-electron chi connectivity index (χ3n) is 2.97. The lowest BCUT2D eigenvalue weighted by Gasteiger charge is -2.29. The highest BCUT2D eigenvalue weighted by Crippen LogP contribution is 2.20. The smallest absolute Gasteiger partial charge is 0.125 e. The molecule has 0 aromatic carbocycles. The summed E-state index contributed by atoms with van der Waals surface area (Å²) in [6.07, 6.45) is 2.71. The van der Waals surface area contributed by atoms with Gasteiger partial charge in [0.1, 0.15) is 5.82 Å². The second kappa shape index (κ2) is 5.12. The van der Waals surface area contributed by atoms with Crippen molar-refractivity contribution in [2.45, 2.75) is 32.8 Å². The third kappa shape index (κ3) is 3.51. The van der Waals surface area contributed by atoms with Crippen molar-refractivity contribution in [3.05, 3.63) is 24.4 Å². The van der Waals surface area contributed by atoms with E-state index in [1.807, 2.05) is 25.1 Å². The van der Waals surface area contributed by atoms with Crippen molar-refractivity contribution < 1.29 is 5.11 Å². The Labute approximate surface area is 91.5 Å². The quantitative estimate of drug-likeness (QED) is 0.780. The van der Waals surface area contributed by atoms with Gasteiger partial charge < -0.3 is 10.4 Å². The van der Waals surface area contributed by atoms with E-state index in [4.69, 9.17) is 0 Å². The van der Waals surface area contributed by atoms with Crippen LogP contribution in [0, 0.1) is 5.92 Å². The highest BCUT2D eigenvalue weighted by Gasteiger charge is 2.26. The van der Waals surface area contributed by atoms with Gasteiger partial charge in [0.2, 0.25) is 0 Å². The van der Waals surface area contributed by atoms with E-state index in [0.29, 0.717) is 6.54 Å². The Hall–Kier alpha value is -1.09. The second-order valence-corrected chi connectivity index (χ2v) is 4.23. The number of anilines is 1. The first kappa shape index (κ1) is 12.0. The van der Waals surface area contributed by atoms with Crippen molar-refractivity contribution in [3.63, 3.8) is 0 Å². The zero-order valence-electron chi connectivity index (χ0n) is 9.70. The molecule has 84 valence electrons. The van der Waals surface area contributed by atoms with E-state index >= 15 is 0 Å². The number of nitrogens with one attached hydrogen (secondary N) is 1. The largest absolute Gasteiger partial charge is 0.388 e. The van der Waals surface area contributed by atoms with Gasteiger partial charge in [-0.2, -0.15) is 0 Å². The minimum Gasteiger partial charge on any atom is -0.388 e. The first-order valence-corrected chi connectivity index (χ1v) is 5.43. The van der Waals surface area contributed by atoms with Crippen LogP contribution in [0.25, 0.3) is 0 Å². The number of nitrogens with zero attached hydrogens (tertiary/aromatic N) is 1. The highest BCUT2D eigenvalue weighted by atomic mass is 16.3. The maximum atomic E-state index is 10.2. The molecule has 1 rings (SSSR count). The van der Waals surface area contributed by atoms with E-state index in [1.54, 1.807) is 6.20 Å². The van der Waals surface area contributed by atoms with Crippen LogP contribution in [0.1, 0.15) is 27.2 Å². The van der Waals surface area contributed by atoms with Crippen molar-refractivity contribution in [2.75, 3.05) is 11.9 Å². The molecule has 15 heavy (non-hydrogen) atoms. The second-order valence-electron chi connectivity index (χ2n) is 4.23. The fourth-order valence-electron chi connectivity index (χ4n) is 1.35. The van der Waals surface area contributed by atoms with Crippen molar-refractivity contribution in [1.82, 2.24) is 4.98 Å². The highest BCUT2D eigenvalue weighted by molar-refractivity contribution is 5.33. The van der Waals surface area contributed by atoms with Crippen LogP contribution in [0.3, 0.4) is 0 Å². The maximum Gasteiger partial charge on any atom is 0.125 e. The molecule has 0 fully saturated rings. The van der Waals surface area contributed by atoms with E-state index in [2.05, 4.69) is 24.1 Å². The molecule has 3 heteroatoms. The zero-order chi connectivity index (χ0) is 11.3. The molecule has 3 nitrogen and oxygen atoms in total. The molecule has 0 saturated heterocycles. The van der Waals surface area contributed by atoms with Gasteiger partial charge in [-0.25, -0.2) is 4.98 Å². The number of pyridine rings is 1. The Morgan fingerprint density at radius 3 is 2.80 bits per heavy atom. The molecule has 0 aliphatic rings. The molecule has 0 saturated carbocycles. The van der Waals surface area contributed by atoms with Crippen molar-refractivity contribution in [2.24, 2.45) is 5.92 Å². The molecule has 1 aromatic rings. The molecule has 0 spiro atoms. The number of rotatable bonds is 5. The number of hydrogen-bond donors (Lipinski definition) is 2. The minimum absolute atomic E-state index is 0.272. The number of hydrogen-bond acceptors (Lipinski definition) is 3. The molecule has 0 bridgehead atoms. The average molecular weight is 208 g/mol. The summed E-state index contributed by atoms with van der Waals surface area (Å²) < 4.78 is 0. The average Bonchev–Trinajstić information content (AvgIpc) is 2.27. The summed E-state index contributed by atoms with van der Waals surface area (Å²) in [6, 6.07) is 5.69. The van der Waals surface area contributed by atoms with E-state index in [-0.39, 0.29) is 5.92 Å². The summed E-state index contributed by atoms with van der Waals surface area (Å²) in [7, 11) is 0. The summed E-state index contributed by atoms with van der Waals surface area (Å²) in [5.74, 6) is 1.08. The van der Waals surface area contributed by atoms with Gasteiger partial charge in [0.25, 0.3) is 0 Å². The van der Waals surface area contributed by atoms with Gasteiger partial charge in [0.15, 0.2) is 0 Å². The van der Waals surface area contributed by atoms with Crippen LogP contribution in [0.5, 0.6) is 0 Å². The number of aliphatic hydroxyl groups is 1. The fourth-order valence-corrected chi connectivity index (χ4v) is 1.35. The molecule has 0 amide bonds. The lowest BCUT2D eigenvalue weighted by Crippen LogP contribution is -2.39. The molecule has 1 heterocycles. The molecule has 1 aromatic heterocycles. The van der Waals surface area contributed by atoms with Crippen LogP contribution in [-0.2, 0) is 0 Å². The van der Waals surface area contributed by atoms with Crippen LogP contribution in [0.15, 0.2) is 24.4 Å². The van der Waals surface area contributed by atoms with E-state index in [0.717, 1.165) is 12.2 Å². The monoisotopic (exact) mass is 208 g/mol. The molecular formula is C12H20N2O. The summed E-state index contributed by atoms with van der Waals surface area (Å²) in [5, 5.41) is 13.3. The SMILES string of the molecule is CC[C@@H](C)[C@@](C)(O)CNc1ccccn1. The van der Waals surface area contributed by atoms with E-state index in [1.165, 1.54) is 0 Å². The molecule has 2 N–H and O–H groups in total. The summed E-state index contributed by atoms with van der Waals surface area (Å²) in [5.41, 5.74) is -0.688. The first-order chi connectivity index (χ1) is 7.06. The minimum atomic E-state index is -0.688. The maximum absolute atomic E-state index is 10.2. The van der Waals surface area contributed by atoms with Crippen LogP contribution in [-0.4, -0.2) is 22.2 Å². The van der Waals surface area contributed by atoms with E-state index < -0.39 is 5.60 Å². The lowest BCUT2D eigenvalue weighted by atomic mass is 9.89. The Morgan fingerprint density at radius 1 is 1.53 bits per heavy atom. The Kier molecular flexibility index (Phi) is 4.09. The predicted molar refractivity (Wildman–Crippen MR) is 62.8 cm³/mol. The van der Waals surface area contributed by atoms with Crippen LogP contribution >= 0.6 is 0 Å². The third-order valence-corrected chi connectivity index (χ3v) is 2.97. The van der Waals surface area contributed by atoms with Gasteiger partial charge >= 0.3 is 0 Å². The molecule has 2 atom stereocenters. The van der Waals surface area contributed by atoms with Crippen molar-refractivity contribution >= 4 is 5.82 Å². The van der Waals surface area contributed by atoms with Gasteiger partial charge in [-0.05, 0) is 25.0 Å².